The maximum atomic E-state index is 9.52. The molecule has 0 aliphatic carbocycles. The van der Waals surface area contributed by atoms with Crippen molar-refractivity contribution in [1.82, 2.24) is 0 Å². The van der Waals surface area contributed by atoms with Crippen LogP contribution >= 0.6 is 8.03 Å². The summed E-state index contributed by atoms with van der Waals surface area (Å²) in [6.45, 7) is 1.67. The van der Waals surface area contributed by atoms with Crippen molar-refractivity contribution in [3.63, 3.8) is 0 Å². The van der Waals surface area contributed by atoms with E-state index < -0.39 is 8.03 Å². The van der Waals surface area contributed by atoms with E-state index in [1.807, 2.05) is 0 Å². The van der Waals surface area contributed by atoms with E-state index in [9.17, 15) is 4.57 Å². The Labute approximate surface area is 67.8 Å². The fourth-order valence-corrected chi connectivity index (χ4v) is 0. The van der Waals surface area contributed by atoms with Gasteiger partial charge in [0, 0.05) is 37.7 Å². The summed E-state index contributed by atoms with van der Waals surface area (Å²) >= 11 is 0. The van der Waals surface area contributed by atoms with E-state index in [0.717, 1.165) is 0 Å². The minimum Gasteiger partial charge on any atom is -0.161 e. The van der Waals surface area contributed by atoms with E-state index in [1.54, 1.807) is 6.92 Å². The van der Waals surface area contributed by atoms with E-state index in [-0.39, 0.29) is 37.7 Å². The summed E-state index contributed by atoms with van der Waals surface area (Å²) in [5.41, 5.74) is 0. The van der Waals surface area contributed by atoms with Crippen LogP contribution in [0.5, 0.6) is 0 Å². The van der Waals surface area contributed by atoms with Gasteiger partial charge in [-0.1, -0.05) is 0 Å². The molecule has 0 aromatic carbocycles. The number of rotatable bonds is 1. The van der Waals surface area contributed by atoms with Crippen LogP contribution in [0.3, 0.4) is 0 Å². The zero-order chi connectivity index (χ0) is 4.28. The Morgan fingerprint density at radius 1 is 1.83 bits per heavy atom. The maximum absolute atomic E-state index is 9.52. The second kappa shape index (κ2) is 6.32. The van der Waals surface area contributed by atoms with Gasteiger partial charge in [-0.05, 0) is 11.5 Å². The molecule has 0 aromatic heterocycles. The number of hydrogen-bond donors (Lipinski definition) is 1. The van der Waals surface area contributed by atoms with Gasteiger partial charge < -0.3 is 0 Å². The molecule has 2 radical (unpaired) electrons. The number of hydrogen-bond acceptors (Lipinski definition) is 1. The van der Waals surface area contributed by atoms with Gasteiger partial charge in [0.1, 0.15) is 0 Å². The molecule has 1 atom stereocenters. The fourth-order valence-electron chi connectivity index (χ4n) is 0. The first-order valence-corrected chi connectivity index (χ1v) is 2.80. The zero-order valence-electron chi connectivity index (χ0n) is 3.72. The van der Waals surface area contributed by atoms with Crippen molar-refractivity contribution in [3.05, 3.63) is 0 Å². The molecule has 0 fully saturated rings. The van der Waals surface area contributed by atoms with E-state index >= 15 is 0 Å². The summed E-state index contributed by atoms with van der Waals surface area (Å²) in [4.78, 5) is 7.87. The van der Waals surface area contributed by atoms with E-state index in [2.05, 4.69) is 0 Å². The fraction of sp³-hybridized carbons (Fsp3) is 1.00. The Balaban J connectivity index is 0. The van der Waals surface area contributed by atoms with Crippen LogP contribution in [0.25, 0.3) is 0 Å². The molecule has 0 aliphatic rings. The largest absolute Gasteiger partial charge is 0.505 e. The average molecular weight is 133 g/mol. The molecule has 32 valence electrons. The minimum absolute atomic E-state index is 0. The van der Waals surface area contributed by atoms with Gasteiger partial charge in [-0.25, -0.2) is 0 Å². The van der Waals surface area contributed by atoms with Gasteiger partial charge in [-0.15, -0.1) is 0 Å². The molecule has 0 heterocycles. The van der Waals surface area contributed by atoms with E-state index in [0.29, 0.717) is 6.16 Å². The average Bonchev–Trinajstić information content (AvgIpc) is 1.38. The molecule has 0 saturated heterocycles. The summed E-state index contributed by atoms with van der Waals surface area (Å²) in [7, 11) is -1.85. The summed E-state index contributed by atoms with van der Waals surface area (Å²) < 4.78 is 9.52. The van der Waals surface area contributed by atoms with Crippen LogP contribution in [0.2, 0.25) is 0 Å². The van der Waals surface area contributed by atoms with Gasteiger partial charge in [0.15, 0.2) is 6.16 Å². The van der Waals surface area contributed by atoms with Crippen molar-refractivity contribution >= 4 is 45.8 Å². The zero-order valence-corrected chi connectivity index (χ0v) is 6.82. The molecule has 0 aromatic rings. The maximum Gasteiger partial charge on any atom is 0.505 e. The molecule has 6 heavy (non-hydrogen) atoms. The van der Waals surface area contributed by atoms with Crippen LogP contribution in [0.1, 0.15) is 6.92 Å². The van der Waals surface area contributed by atoms with Crippen molar-refractivity contribution < 1.29 is 9.46 Å². The summed E-state index contributed by atoms with van der Waals surface area (Å²) in [6, 6.07) is 0. The van der Waals surface area contributed by atoms with Crippen LogP contribution in [-0.2, 0) is 4.57 Å². The monoisotopic (exact) mass is 133 g/mol. The van der Waals surface area contributed by atoms with Crippen LogP contribution in [-0.4, -0.2) is 48.8 Å². The van der Waals surface area contributed by atoms with Gasteiger partial charge in [0.25, 0.3) is 0 Å². The van der Waals surface area contributed by atoms with Crippen molar-refractivity contribution in [1.29, 1.82) is 0 Å². The van der Waals surface area contributed by atoms with Crippen LogP contribution in [0.4, 0.5) is 0 Å². The van der Waals surface area contributed by atoms with Gasteiger partial charge in [0.2, 0.25) is 0 Å². The molecule has 0 bridgehead atoms. The third kappa shape index (κ3) is 9.01. The SMILES string of the molecule is CC[P+](=O)O.[Ca]. The standard InChI is InChI=1S/C2H5O2P.Ca/c1-2-5(3)4;/h2H2,1H3;/p+1. The predicted molar refractivity (Wildman–Crippen MR) is 26.1 cm³/mol. The van der Waals surface area contributed by atoms with Gasteiger partial charge in [-0.3, -0.25) is 0 Å². The molecule has 0 aliphatic heterocycles. The Morgan fingerprint density at radius 2 is 2.00 bits per heavy atom. The molecule has 0 spiro atoms. The topological polar surface area (TPSA) is 37.3 Å². The van der Waals surface area contributed by atoms with Gasteiger partial charge >= 0.3 is 8.03 Å². The summed E-state index contributed by atoms with van der Waals surface area (Å²) in [5.74, 6) is 0. The first-order valence-electron chi connectivity index (χ1n) is 1.41. The minimum atomic E-state index is -1.85. The predicted octanol–water partition coefficient (Wildman–Crippen LogP) is 0.360. The van der Waals surface area contributed by atoms with Crippen molar-refractivity contribution in [2.24, 2.45) is 0 Å². The molecule has 0 saturated carbocycles. The van der Waals surface area contributed by atoms with Crippen LogP contribution in [0, 0.1) is 0 Å². The Kier molecular flexibility index (Phi) is 10.9. The van der Waals surface area contributed by atoms with E-state index in [4.69, 9.17) is 4.89 Å². The smallest absolute Gasteiger partial charge is 0.161 e. The molecule has 1 unspecified atom stereocenters. The first kappa shape index (κ1) is 10.3. The Morgan fingerprint density at radius 3 is 2.00 bits per heavy atom. The molecule has 1 N–H and O–H groups in total. The van der Waals surface area contributed by atoms with Crippen LogP contribution in [0.15, 0.2) is 0 Å². The molecule has 2 nitrogen and oxygen atoms in total. The van der Waals surface area contributed by atoms with Gasteiger partial charge in [-0.2, -0.15) is 4.89 Å². The second-order valence-electron chi connectivity index (χ2n) is 0.668. The molecule has 0 amide bonds. The van der Waals surface area contributed by atoms with E-state index in [1.165, 1.54) is 0 Å². The van der Waals surface area contributed by atoms with Crippen LogP contribution < -0.4 is 0 Å². The van der Waals surface area contributed by atoms with Crippen molar-refractivity contribution in [2.75, 3.05) is 6.16 Å². The molecule has 0 rings (SSSR count). The Hall–Kier alpha value is 1.32. The first-order chi connectivity index (χ1) is 2.27. The van der Waals surface area contributed by atoms with Crippen molar-refractivity contribution in [2.45, 2.75) is 6.92 Å². The third-order valence-electron chi connectivity index (χ3n) is 0.271. The molecular weight excluding hydrogens is 127 g/mol. The molecule has 4 heteroatoms. The summed E-state index contributed by atoms with van der Waals surface area (Å²) in [6.07, 6.45) is 0.370. The normalized spacial score (nSPS) is 9.33. The second-order valence-corrected chi connectivity index (χ2v) is 2.01. The van der Waals surface area contributed by atoms with Gasteiger partial charge in [0.05, 0.1) is 0 Å². The quantitative estimate of drug-likeness (QED) is 0.414. The van der Waals surface area contributed by atoms with Crippen molar-refractivity contribution in [3.8, 4) is 0 Å². The Bertz CT molecular complexity index is 46.8. The third-order valence-corrected chi connectivity index (χ3v) is 0.812. The summed E-state index contributed by atoms with van der Waals surface area (Å²) in [5, 5.41) is 0. The molecular formula is C2H6CaO2P+.